The van der Waals surface area contributed by atoms with E-state index >= 15 is 0 Å². The van der Waals surface area contributed by atoms with E-state index in [-0.39, 0.29) is 5.97 Å². The van der Waals surface area contributed by atoms with Crippen LogP contribution in [0.5, 0.6) is 0 Å². The quantitative estimate of drug-likeness (QED) is 0.806. The molecule has 1 aliphatic rings. The zero-order valence-electron chi connectivity index (χ0n) is 14.1. The molecule has 1 saturated carbocycles. The summed E-state index contributed by atoms with van der Waals surface area (Å²) in [6.07, 6.45) is 4.83. The lowest BCUT2D eigenvalue weighted by Crippen LogP contribution is -2.52. The van der Waals surface area contributed by atoms with E-state index in [2.05, 4.69) is 4.98 Å². The Kier molecular flexibility index (Phi) is 4.75. The van der Waals surface area contributed by atoms with Gasteiger partial charge in [0.2, 0.25) is 0 Å². The Morgan fingerprint density at radius 1 is 1.43 bits per heavy atom. The number of nitrogens with zero attached hydrogens (tertiary/aromatic N) is 2. The number of carboxylic acids is 1. The fourth-order valence-electron chi connectivity index (χ4n) is 2.62. The summed E-state index contributed by atoms with van der Waals surface area (Å²) >= 11 is 0. The highest BCUT2D eigenvalue weighted by molar-refractivity contribution is 5.86. The summed E-state index contributed by atoms with van der Waals surface area (Å²) < 4.78 is 5.48. The van der Waals surface area contributed by atoms with Crippen molar-refractivity contribution in [3.63, 3.8) is 0 Å². The first-order valence-electron chi connectivity index (χ1n) is 7.74. The number of hydrogen-bond acceptors (Lipinski definition) is 5. The number of aromatic nitrogens is 1. The van der Waals surface area contributed by atoms with Gasteiger partial charge in [-0.25, -0.2) is 0 Å². The number of likely N-dealkylation sites (N-methyl/N-ethyl adjacent to an activating group) is 1. The largest absolute Gasteiger partial charge is 0.480 e. The zero-order valence-corrected chi connectivity index (χ0v) is 14.1. The van der Waals surface area contributed by atoms with Crippen LogP contribution in [0.1, 0.15) is 39.2 Å². The SMILES string of the molecule is CN([C@H](Cc1cccnc1)C(=O)O)C1(C(=O)OC(C)(C)C)CC1. The standard InChI is InChI=1S/C17H24N2O4/c1-16(2,3)23-15(22)17(7-8-17)19(4)13(14(20)21)10-12-6-5-9-18-11-12/h5-6,9,11,13H,7-8,10H2,1-4H3,(H,20,21)/t13-/m1/s1. The maximum atomic E-state index is 12.5. The molecular formula is C17H24N2O4. The number of esters is 1. The van der Waals surface area contributed by atoms with E-state index in [0.717, 1.165) is 5.56 Å². The third-order valence-electron chi connectivity index (χ3n) is 4.08. The first-order valence-corrected chi connectivity index (χ1v) is 7.74. The van der Waals surface area contributed by atoms with Crippen LogP contribution in [-0.2, 0) is 20.7 Å². The van der Waals surface area contributed by atoms with Gasteiger partial charge < -0.3 is 9.84 Å². The topological polar surface area (TPSA) is 79.7 Å². The van der Waals surface area contributed by atoms with E-state index in [0.29, 0.717) is 19.3 Å². The Balaban J connectivity index is 2.16. The Hall–Kier alpha value is -1.95. The lowest BCUT2D eigenvalue weighted by atomic mass is 10.0. The molecule has 1 heterocycles. The first kappa shape index (κ1) is 17.4. The molecule has 0 bridgehead atoms. The van der Waals surface area contributed by atoms with Gasteiger partial charge in [0.25, 0.3) is 0 Å². The molecule has 0 amide bonds. The molecular weight excluding hydrogens is 296 g/mol. The van der Waals surface area contributed by atoms with Crippen molar-refractivity contribution >= 4 is 11.9 Å². The van der Waals surface area contributed by atoms with Gasteiger partial charge in [-0.2, -0.15) is 0 Å². The molecule has 1 atom stereocenters. The summed E-state index contributed by atoms with van der Waals surface area (Å²) in [5.74, 6) is -1.30. The van der Waals surface area contributed by atoms with Crippen LogP contribution in [0.3, 0.4) is 0 Å². The maximum Gasteiger partial charge on any atom is 0.327 e. The molecule has 0 saturated heterocycles. The van der Waals surface area contributed by atoms with Gasteiger partial charge in [0, 0.05) is 18.8 Å². The molecule has 126 valence electrons. The number of ether oxygens (including phenoxy) is 1. The fourth-order valence-corrected chi connectivity index (χ4v) is 2.62. The molecule has 0 radical (unpaired) electrons. The maximum absolute atomic E-state index is 12.5. The van der Waals surface area contributed by atoms with Crippen LogP contribution in [0.2, 0.25) is 0 Å². The van der Waals surface area contributed by atoms with E-state index < -0.39 is 23.2 Å². The van der Waals surface area contributed by atoms with Gasteiger partial charge >= 0.3 is 11.9 Å². The van der Waals surface area contributed by atoms with E-state index in [1.807, 2.05) is 26.8 Å². The predicted octanol–water partition coefficient (Wildman–Crippen LogP) is 1.88. The van der Waals surface area contributed by atoms with Crippen molar-refractivity contribution in [3.05, 3.63) is 30.1 Å². The van der Waals surface area contributed by atoms with Gasteiger partial charge in [0.05, 0.1) is 0 Å². The number of hydrogen-bond donors (Lipinski definition) is 1. The van der Waals surface area contributed by atoms with Crippen LogP contribution in [0, 0.1) is 0 Å². The normalized spacial score (nSPS) is 17.6. The fraction of sp³-hybridized carbons (Fsp3) is 0.588. The lowest BCUT2D eigenvalue weighted by molar-refractivity contribution is -0.165. The number of carbonyl (C=O) groups excluding carboxylic acids is 1. The Bertz CT molecular complexity index is 576. The highest BCUT2D eigenvalue weighted by Crippen LogP contribution is 2.44. The molecule has 1 aromatic rings. The van der Waals surface area contributed by atoms with Crippen LogP contribution in [-0.4, -0.2) is 51.2 Å². The van der Waals surface area contributed by atoms with E-state index in [4.69, 9.17) is 4.74 Å². The Morgan fingerprint density at radius 2 is 2.09 bits per heavy atom. The molecule has 0 aromatic carbocycles. The van der Waals surface area contributed by atoms with Crippen molar-refractivity contribution in [2.24, 2.45) is 0 Å². The van der Waals surface area contributed by atoms with Gasteiger partial charge in [0.15, 0.2) is 0 Å². The van der Waals surface area contributed by atoms with Crippen molar-refractivity contribution in [2.45, 2.75) is 57.2 Å². The first-order chi connectivity index (χ1) is 10.7. The number of pyridine rings is 1. The van der Waals surface area contributed by atoms with Crippen LogP contribution < -0.4 is 0 Å². The highest BCUT2D eigenvalue weighted by Gasteiger charge is 2.58. The van der Waals surface area contributed by atoms with Gasteiger partial charge in [-0.3, -0.25) is 19.5 Å². The molecule has 1 aliphatic carbocycles. The Labute approximate surface area is 136 Å². The molecule has 6 heteroatoms. The molecule has 2 rings (SSSR count). The van der Waals surface area contributed by atoms with Crippen molar-refractivity contribution in [1.29, 1.82) is 0 Å². The molecule has 23 heavy (non-hydrogen) atoms. The molecule has 0 unspecified atom stereocenters. The number of carboxylic acid groups (broad SMARTS) is 1. The minimum absolute atomic E-state index is 0.296. The van der Waals surface area contributed by atoms with Crippen LogP contribution in [0.4, 0.5) is 0 Å². The third kappa shape index (κ3) is 4.07. The Morgan fingerprint density at radius 3 is 2.52 bits per heavy atom. The molecule has 0 aliphatic heterocycles. The van der Waals surface area contributed by atoms with Crippen molar-refractivity contribution in [1.82, 2.24) is 9.88 Å². The molecule has 1 N–H and O–H groups in total. The highest BCUT2D eigenvalue weighted by atomic mass is 16.6. The number of carbonyl (C=O) groups is 2. The summed E-state index contributed by atoms with van der Waals surface area (Å²) in [7, 11) is 1.69. The zero-order chi connectivity index (χ0) is 17.3. The molecule has 6 nitrogen and oxygen atoms in total. The average molecular weight is 320 g/mol. The lowest BCUT2D eigenvalue weighted by Gasteiger charge is -2.33. The number of rotatable bonds is 6. The van der Waals surface area contributed by atoms with E-state index in [1.54, 1.807) is 30.4 Å². The second-order valence-electron chi connectivity index (χ2n) is 7.06. The van der Waals surface area contributed by atoms with Crippen molar-refractivity contribution < 1.29 is 19.4 Å². The summed E-state index contributed by atoms with van der Waals surface area (Å²) in [6, 6.07) is 2.81. The van der Waals surface area contributed by atoms with Crippen molar-refractivity contribution in [3.8, 4) is 0 Å². The number of aliphatic carboxylic acids is 1. The summed E-state index contributed by atoms with van der Waals surface area (Å²) in [5, 5.41) is 9.60. The van der Waals surface area contributed by atoms with Gasteiger partial charge in [-0.15, -0.1) is 0 Å². The molecule has 1 fully saturated rings. The minimum atomic E-state index is -0.953. The summed E-state index contributed by atoms with van der Waals surface area (Å²) in [4.78, 5) is 29.9. The second-order valence-corrected chi connectivity index (χ2v) is 7.06. The summed E-state index contributed by atoms with van der Waals surface area (Å²) in [6.45, 7) is 5.43. The van der Waals surface area contributed by atoms with E-state index in [1.165, 1.54) is 0 Å². The molecule has 1 aromatic heterocycles. The average Bonchev–Trinajstić information content (AvgIpc) is 3.25. The van der Waals surface area contributed by atoms with Crippen molar-refractivity contribution in [2.75, 3.05) is 7.05 Å². The molecule has 0 spiro atoms. The van der Waals surface area contributed by atoms with Crippen LogP contribution >= 0.6 is 0 Å². The second kappa shape index (κ2) is 6.28. The van der Waals surface area contributed by atoms with Gasteiger partial charge in [-0.05, 0) is 52.3 Å². The monoisotopic (exact) mass is 320 g/mol. The third-order valence-corrected chi connectivity index (χ3v) is 4.08. The summed E-state index contributed by atoms with van der Waals surface area (Å²) in [5.41, 5.74) is -0.583. The van der Waals surface area contributed by atoms with Gasteiger partial charge in [-0.1, -0.05) is 6.07 Å². The van der Waals surface area contributed by atoms with Crippen LogP contribution in [0.25, 0.3) is 0 Å². The van der Waals surface area contributed by atoms with E-state index in [9.17, 15) is 14.7 Å². The predicted molar refractivity (Wildman–Crippen MR) is 84.9 cm³/mol. The minimum Gasteiger partial charge on any atom is -0.480 e. The van der Waals surface area contributed by atoms with Gasteiger partial charge in [0.1, 0.15) is 17.2 Å². The van der Waals surface area contributed by atoms with Crippen LogP contribution in [0.15, 0.2) is 24.5 Å². The smallest absolute Gasteiger partial charge is 0.327 e.